The third-order valence-corrected chi connectivity index (χ3v) is 3.81. The molecule has 1 aliphatic carbocycles. The van der Waals surface area contributed by atoms with Crippen molar-refractivity contribution in [3.8, 4) is 0 Å². The quantitative estimate of drug-likeness (QED) is 0.621. The number of aliphatic hydroxyl groups excluding tert-OH is 1. The monoisotopic (exact) mass is 283 g/mol. The fourth-order valence-corrected chi connectivity index (χ4v) is 2.60. The van der Waals surface area contributed by atoms with Crippen LogP contribution in [0.15, 0.2) is 0 Å². The van der Waals surface area contributed by atoms with E-state index >= 15 is 0 Å². The number of hydrogen-bond acceptors (Lipinski definition) is 4. The molecule has 0 spiro atoms. The van der Waals surface area contributed by atoms with E-state index < -0.39 is 17.5 Å². The van der Waals surface area contributed by atoms with Gasteiger partial charge in [-0.2, -0.15) is 0 Å². The second-order valence-corrected chi connectivity index (χ2v) is 6.02. The van der Waals surface area contributed by atoms with Gasteiger partial charge in [-0.3, -0.25) is 14.5 Å². The molecule has 0 bridgehead atoms. The van der Waals surface area contributed by atoms with Crippen LogP contribution in [-0.2, 0) is 9.59 Å². The first-order valence-corrected chi connectivity index (χ1v) is 6.91. The summed E-state index contributed by atoms with van der Waals surface area (Å²) >= 11 is 0. The zero-order valence-electron chi connectivity index (χ0n) is 11.8. The van der Waals surface area contributed by atoms with Crippen LogP contribution in [0.2, 0.25) is 0 Å². The van der Waals surface area contributed by atoms with Crippen molar-refractivity contribution in [2.45, 2.75) is 57.2 Å². The first kappa shape index (κ1) is 14.8. The third kappa shape index (κ3) is 3.09. The Morgan fingerprint density at radius 2 is 1.95 bits per heavy atom. The predicted octanol–water partition coefficient (Wildman–Crippen LogP) is -0.263. The summed E-state index contributed by atoms with van der Waals surface area (Å²) in [5.74, 6) is -0.732. The van der Waals surface area contributed by atoms with Gasteiger partial charge in [0.05, 0.1) is 6.10 Å². The first-order chi connectivity index (χ1) is 9.29. The number of aliphatic hydroxyl groups is 1. The van der Waals surface area contributed by atoms with E-state index in [1.165, 1.54) is 0 Å². The van der Waals surface area contributed by atoms with E-state index in [2.05, 4.69) is 10.6 Å². The van der Waals surface area contributed by atoms with Gasteiger partial charge in [0.2, 0.25) is 5.91 Å². The minimum atomic E-state index is -0.952. The van der Waals surface area contributed by atoms with E-state index in [4.69, 9.17) is 0 Å². The van der Waals surface area contributed by atoms with Crippen molar-refractivity contribution in [3.05, 3.63) is 0 Å². The normalized spacial score (nSPS) is 29.2. The Hall–Kier alpha value is -1.63. The van der Waals surface area contributed by atoms with E-state index in [1.54, 1.807) is 13.8 Å². The molecule has 0 atom stereocenters. The molecule has 0 aromatic heterocycles. The van der Waals surface area contributed by atoms with Crippen LogP contribution >= 0.6 is 0 Å². The highest BCUT2D eigenvalue weighted by Gasteiger charge is 2.44. The molecule has 3 N–H and O–H groups in total. The summed E-state index contributed by atoms with van der Waals surface area (Å²) in [5.41, 5.74) is -0.952. The molecule has 0 aromatic rings. The maximum atomic E-state index is 11.9. The Labute approximate surface area is 117 Å². The molecule has 0 aromatic carbocycles. The summed E-state index contributed by atoms with van der Waals surface area (Å²) in [4.78, 5) is 36.4. The van der Waals surface area contributed by atoms with Crippen molar-refractivity contribution in [1.82, 2.24) is 15.5 Å². The summed E-state index contributed by atoms with van der Waals surface area (Å²) in [6, 6.07) is -0.520. The number of amides is 4. The lowest BCUT2D eigenvalue weighted by Crippen LogP contribution is -2.46. The second kappa shape index (κ2) is 5.40. The SMILES string of the molecule is CC1(C)NC(=O)N(CC(=O)NC2CCC(O)CC2)C1=O. The van der Waals surface area contributed by atoms with E-state index in [0.29, 0.717) is 12.8 Å². The highest BCUT2D eigenvalue weighted by molar-refractivity contribution is 6.08. The molecular weight excluding hydrogens is 262 g/mol. The molecule has 112 valence electrons. The number of hydrogen-bond donors (Lipinski definition) is 3. The highest BCUT2D eigenvalue weighted by atomic mass is 16.3. The van der Waals surface area contributed by atoms with Crippen molar-refractivity contribution in [2.24, 2.45) is 0 Å². The minimum absolute atomic E-state index is 0.0136. The smallest absolute Gasteiger partial charge is 0.325 e. The Balaban J connectivity index is 1.86. The number of nitrogens with one attached hydrogen (secondary N) is 2. The molecule has 7 heteroatoms. The van der Waals surface area contributed by atoms with Crippen LogP contribution < -0.4 is 10.6 Å². The molecule has 0 radical (unpaired) electrons. The summed E-state index contributed by atoms with van der Waals surface area (Å²) < 4.78 is 0. The van der Waals surface area contributed by atoms with Gasteiger partial charge in [0.15, 0.2) is 0 Å². The lowest BCUT2D eigenvalue weighted by molar-refractivity contribution is -0.134. The largest absolute Gasteiger partial charge is 0.393 e. The van der Waals surface area contributed by atoms with Gasteiger partial charge in [-0.25, -0.2) is 4.79 Å². The standard InChI is InChI=1S/C13H21N3O4/c1-13(2)11(19)16(12(20)15-13)7-10(18)14-8-3-5-9(17)6-4-8/h8-9,17H,3-7H2,1-2H3,(H,14,18)(H,15,20). The Bertz CT molecular complexity index is 427. The molecule has 7 nitrogen and oxygen atoms in total. The topological polar surface area (TPSA) is 98.7 Å². The van der Waals surface area contributed by atoms with Gasteiger partial charge in [-0.05, 0) is 39.5 Å². The summed E-state index contributed by atoms with van der Waals surface area (Å²) in [5, 5.41) is 14.7. The van der Waals surface area contributed by atoms with E-state index in [-0.39, 0.29) is 24.6 Å². The molecule has 2 rings (SSSR count). The molecule has 1 saturated carbocycles. The number of rotatable bonds is 3. The zero-order chi connectivity index (χ0) is 14.9. The van der Waals surface area contributed by atoms with Gasteiger partial charge in [-0.1, -0.05) is 0 Å². The van der Waals surface area contributed by atoms with Gasteiger partial charge >= 0.3 is 6.03 Å². The maximum absolute atomic E-state index is 11.9. The molecule has 2 fully saturated rings. The predicted molar refractivity (Wildman–Crippen MR) is 70.7 cm³/mol. The lowest BCUT2D eigenvalue weighted by Gasteiger charge is -2.26. The molecule has 0 unspecified atom stereocenters. The average Bonchev–Trinajstić information content (AvgIpc) is 2.55. The van der Waals surface area contributed by atoms with Gasteiger partial charge < -0.3 is 15.7 Å². The van der Waals surface area contributed by atoms with Crippen LogP contribution in [0.1, 0.15) is 39.5 Å². The molecular formula is C13H21N3O4. The number of nitrogens with zero attached hydrogens (tertiary/aromatic N) is 1. The maximum Gasteiger partial charge on any atom is 0.325 e. The molecule has 2 aliphatic rings. The van der Waals surface area contributed by atoms with Crippen molar-refractivity contribution in [2.75, 3.05) is 6.54 Å². The second-order valence-electron chi connectivity index (χ2n) is 6.02. The summed E-state index contributed by atoms with van der Waals surface area (Å²) in [6.45, 7) is 2.95. The number of carbonyl (C=O) groups is 3. The fraction of sp³-hybridized carbons (Fsp3) is 0.769. The van der Waals surface area contributed by atoms with E-state index in [9.17, 15) is 19.5 Å². The van der Waals surface area contributed by atoms with Gasteiger partial charge in [0, 0.05) is 6.04 Å². The first-order valence-electron chi connectivity index (χ1n) is 6.91. The lowest BCUT2D eigenvalue weighted by atomic mass is 9.93. The van der Waals surface area contributed by atoms with Crippen LogP contribution in [0.4, 0.5) is 4.79 Å². The third-order valence-electron chi connectivity index (χ3n) is 3.81. The average molecular weight is 283 g/mol. The Kier molecular flexibility index (Phi) is 3.99. The van der Waals surface area contributed by atoms with Crippen molar-refractivity contribution in [3.63, 3.8) is 0 Å². The Morgan fingerprint density at radius 1 is 1.35 bits per heavy atom. The van der Waals surface area contributed by atoms with Crippen LogP contribution in [0.25, 0.3) is 0 Å². The number of imide groups is 1. The van der Waals surface area contributed by atoms with Gasteiger partial charge in [-0.15, -0.1) is 0 Å². The van der Waals surface area contributed by atoms with E-state index in [0.717, 1.165) is 17.7 Å². The van der Waals surface area contributed by atoms with Crippen molar-refractivity contribution >= 4 is 17.8 Å². The van der Waals surface area contributed by atoms with Crippen LogP contribution in [0.5, 0.6) is 0 Å². The van der Waals surface area contributed by atoms with Crippen LogP contribution in [0.3, 0.4) is 0 Å². The summed E-state index contributed by atoms with van der Waals surface area (Å²) in [7, 11) is 0. The Morgan fingerprint density at radius 3 is 2.45 bits per heavy atom. The molecule has 4 amide bonds. The molecule has 1 saturated heterocycles. The van der Waals surface area contributed by atoms with Crippen molar-refractivity contribution < 1.29 is 19.5 Å². The van der Waals surface area contributed by atoms with Crippen LogP contribution in [0, 0.1) is 0 Å². The minimum Gasteiger partial charge on any atom is -0.393 e. The van der Waals surface area contributed by atoms with Gasteiger partial charge in [0.25, 0.3) is 5.91 Å². The van der Waals surface area contributed by atoms with Gasteiger partial charge in [0.1, 0.15) is 12.1 Å². The van der Waals surface area contributed by atoms with E-state index in [1.807, 2.05) is 0 Å². The molecule has 20 heavy (non-hydrogen) atoms. The van der Waals surface area contributed by atoms with Crippen LogP contribution in [-0.4, -0.2) is 52.1 Å². The molecule has 1 heterocycles. The van der Waals surface area contributed by atoms with Crippen molar-refractivity contribution in [1.29, 1.82) is 0 Å². The zero-order valence-corrected chi connectivity index (χ0v) is 11.8. The highest BCUT2D eigenvalue weighted by Crippen LogP contribution is 2.19. The summed E-state index contributed by atoms with van der Waals surface area (Å²) in [6.07, 6.45) is 2.49. The fourth-order valence-electron chi connectivity index (χ4n) is 2.60. The molecule has 1 aliphatic heterocycles. The number of urea groups is 1. The number of carbonyl (C=O) groups excluding carboxylic acids is 3.